The maximum atomic E-state index is 5.11. The quantitative estimate of drug-likeness (QED) is 0.137. The zero-order valence-electron chi connectivity index (χ0n) is 49.3. The monoisotopic (exact) mass is 1000 g/mol. The van der Waals surface area contributed by atoms with E-state index in [1.54, 1.807) is 53.4 Å². The molecule has 6 aromatic carbocycles. The Morgan fingerprint density at radius 1 is 0.432 bits per heavy atom. The fourth-order valence-electron chi connectivity index (χ4n) is 6.83. The van der Waals surface area contributed by atoms with Gasteiger partial charge >= 0.3 is 0 Å². The number of hydrogen-bond acceptors (Lipinski definition) is 3. The van der Waals surface area contributed by atoms with Gasteiger partial charge in [0.2, 0.25) is 0 Å². The summed E-state index contributed by atoms with van der Waals surface area (Å²) in [6.07, 6.45) is 20.6. The molecule has 0 atom stereocenters. The number of methoxy groups -OCH3 is 3. The summed E-state index contributed by atoms with van der Waals surface area (Å²) >= 11 is 0. The number of hydrogen-bond donors (Lipinski definition) is 0. The summed E-state index contributed by atoms with van der Waals surface area (Å²) in [7, 11) is 4.97. The van der Waals surface area contributed by atoms with Gasteiger partial charge in [0, 0.05) is 6.07 Å². The number of benzene rings is 6. The highest BCUT2D eigenvalue weighted by molar-refractivity contribution is 5.39. The van der Waals surface area contributed by atoms with Crippen molar-refractivity contribution in [3.63, 3.8) is 0 Å². The fourth-order valence-corrected chi connectivity index (χ4v) is 6.83. The van der Waals surface area contributed by atoms with Crippen molar-refractivity contribution in [2.45, 2.75) is 172 Å². The first-order chi connectivity index (χ1) is 35.7. The summed E-state index contributed by atoms with van der Waals surface area (Å²) in [6.45, 7) is 23.7. The summed E-state index contributed by atoms with van der Waals surface area (Å²) in [5.41, 5.74) is 8.03. The average molecular weight is 1010 g/mol. The van der Waals surface area contributed by atoms with Crippen molar-refractivity contribution in [3.8, 4) is 17.2 Å². The smallest absolute Gasteiger partial charge is 0.125 e. The number of aryl methyl sites for hydroxylation is 4. The average Bonchev–Trinajstić information content (AvgIpc) is 4.18. The minimum atomic E-state index is 0.659. The van der Waals surface area contributed by atoms with Crippen LogP contribution in [0.5, 0.6) is 17.2 Å². The van der Waals surface area contributed by atoms with E-state index in [-0.39, 0.29) is 0 Å². The van der Waals surface area contributed by atoms with Crippen LogP contribution < -0.4 is 14.2 Å². The van der Waals surface area contributed by atoms with E-state index in [0.29, 0.717) is 5.92 Å². The molecule has 0 aliphatic heterocycles. The van der Waals surface area contributed by atoms with E-state index in [1.165, 1.54) is 91.0 Å². The molecule has 0 spiro atoms. The van der Waals surface area contributed by atoms with Crippen molar-refractivity contribution < 1.29 is 14.2 Å². The largest absolute Gasteiger partial charge is 0.497 e. The molecule has 0 saturated heterocycles. The van der Waals surface area contributed by atoms with Gasteiger partial charge < -0.3 is 14.2 Å². The van der Waals surface area contributed by atoms with E-state index in [0.717, 1.165) is 52.9 Å². The molecule has 0 amide bonds. The normalized spacial score (nSPS) is 14.3. The molecule has 0 radical (unpaired) electrons. The summed E-state index contributed by atoms with van der Waals surface area (Å²) in [5, 5.41) is 0. The van der Waals surface area contributed by atoms with Gasteiger partial charge in [-0.15, -0.1) is 0 Å². The molecule has 0 unspecified atom stereocenters. The Hall–Kier alpha value is -5.28. The van der Waals surface area contributed by atoms with E-state index in [1.807, 2.05) is 79.7 Å². The van der Waals surface area contributed by atoms with Gasteiger partial charge in [-0.25, -0.2) is 0 Å². The first kappa shape index (κ1) is 64.8. The van der Waals surface area contributed by atoms with Crippen molar-refractivity contribution in [2.75, 3.05) is 21.3 Å². The molecule has 3 nitrogen and oxygen atoms in total. The maximum absolute atomic E-state index is 5.11. The zero-order valence-corrected chi connectivity index (χ0v) is 49.3. The van der Waals surface area contributed by atoms with E-state index in [9.17, 15) is 0 Å². The van der Waals surface area contributed by atoms with Crippen LogP contribution in [0.4, 0.5) is 0 Å². The lowest BCUT2D eigenvalue weighted by Crippen LogP contribution is -1.88. The van der Waals surface area contributed by atoms with Gasteiger partial charge in [0.25, 0.3) is 0 Å². The molecule has 5 saturated carbocycles. The third kappa shape index (κ3) is 38.3. The van der Waals surface area contributed by atoms with Crippen molar-refractivity contribution >= 4 is 0 Å². The van der Waals surface area contributed by atoms with Crippen molar-refractivity contribution in [3.05, 3.63) is 197 Å². The number of rotatable bonds is 10. The lowest BCUT2D eigenvalue weighted by Gasteiger charge is -2.05. The molecule has 11 rings (SSSR count). The second-order valence-corrected chi connectivity index (χ2v) is 21.9. The molecule has 0 N–H and O–H groups in total. The molecule has 5 aliphatic carbocycles. The van der Waals surface area contributed by atoms with E-state index in [4.69, 9.17) is 14.2 Å². The second kappa shape index (κ2) is 40.1. The summed E-state index contributed by atoms with van der Waals surface area (Å²) in [5.74, 6) is 9.71. The first-order valence-corrected chi connectivity index (χ1v) is 28.6. The topological polar surface area (TPSA) is 27.7 Å². The lowest BCUT2D eigenvalue weighted by molar-refractivity contribution is 0.392. The standard InChI is InChI=1S/C10H12.C9H12O2.C9H12.C8H10O.C8H10.C7H12.C7H8.C5H10.C4H8.C4H10/c1-2-4-9(5-3-1)8-10-6-7-10;1-7-4-5-8(10-2)6-9(7)11-3;1-8(2)9-6-4-3-5-7-9;1-7-3-5-8(9-2)6-4-7;1-2-8-6-4-3-5-7-8;1-2-6(1)5-7-3-4-7;1-7-5-3-2-4-6-7;1-2-5-3-4-5;1-4-2-3-4;1-4(2)3/h1-5,10H,6-8H2;4-6H,1-3H3;3-8H,1-2H3;3-6H,1-2H3;3-7H,2H2,1H3;6-7H,1-5H2;2-6H,1H3;5H,2-4H2,1H3;4H,2-3H2,1H3;4H,1-3H3. The van der Waals surface area contributed by atoms with Gasteiger partial charge in [0.1, 0.15) is 17.2 Å². The van der Waals surface area contributed by atoms with E-state index < -0.39 is 0 Å². The SMILES string of the molecule is C1CC1CC1CC1.CC(C)C.CC(C)c1ccccc1.CC1CC1.CCC1CC1.CCc1ccccc1.COc1ccc(C)c(OC)c1.COc1ccc(C)cc1.Cc1ccccc1.c1ccc(CC2CC2)cc1. The Kier molecular flexibility index (Phi) is 35.1. The minimum Gasteiger partial charge on any atom is -0.497 e. The Balaban J connectivity index is 0.000000285. The van der Waals surface area contributed by atoms with E-state index >= 15 is 0 Å². The third-order valence-electron chi connectivity index (χ3n) is 12.8. The molecule has 5 aliphatic rings. The first-order valence-electron chi connectivity index (χ1n) is 28.6. The van der Waals surface area contributed by atoms with Gasteiger partial charge in [-0.05, 0) is 135 Å². The van der Waals surface area contributed by atoms with Crippen LogP contribution in [0.2, 0.25) is 0 Å². The van der Waals surface area contributed by atoms with Crippen LogP contribution in [0.15, 0.2) is 164 Å². The number of ether oxygens (including phenoxy) is 3. The Labute approximate surface area is 455 Å². The van der Waals surface area contributed by atoms with Gasteiger partial charge in [0.15, 0.2) is 0 Å². The van der Waals surface area contributed by atoms with Crippen LogP contribution >= 0.6 is 0 Å². The highest BCUT2D eigenvalue weighted by Gasteiger charge is 2.30. The summed E-state index contributed by atoms with van der Waals surface area (Å²) < 4.78 is 15.1. The van der Waals surface area contributed by atoms with Crippen LogP contribution in [0, 0.1) is 56.3 Å². The highest BCUT2D eigenvalue weighted by atomic mass is 16.5. The maximum Gasteiger partial charge on any atom is 0.125 e. The van der Waals surface area contributed by atoms with Crippen LogP contribution in [0.1, 0.15) is 172 Å². The molecule has 3 heteroatoms. The molecule has 74 heavy (non-hydrogen) atoms. The van der Waals surface area contributed by atoms with Crippen LogP contribution in [-0.4, -0.2) is 21.3 Å². The molecule has 0 aromatic heterocycles. The minimum absolute atomic E-state index is 0.659. The molecule has 0 heterocycles. The predicted molar refractivity (Wildman–Crippen MR) is 324 cm³/mol. The van der Waals surface area contributed by atoms with Crippen LogP contribution in [0.25, 0.3) is 0 Å². The van der Waals surface area contributed by atoms with Gasteiger partial charge in [-0.3, -0.25) is 0 Å². The fraction of sp³-hybridized carbons (Fsp3) is 0.493. The molecule has 5 fully saturated rings. The zero-order chi connectivity index (χ0) is 54.4. The van der Waals surface area contributed by atoms with Gasteiger partial charge in [-0.1, -0.05) is 264 Å². The van der Waals surface area contributed by atoms with Crippen LogP contribution in [0.3, 0.4) is 0 Å². The molecule has 406 valence electrons. The molecule has 0 bridgehead atoms. The van der Waals surface area contributed by atoms with E-state index in [2.05, 4.69) is 160 Å². The molecule has 6 aromatic rings. The molecular weight excluding hydrogens is 901 g/mol. The van der Waals surface area contributed by atoms with Gasteiger partial charge in [0.05, 0.1) is 21.3 Å². The summed E-state index contributed by atoms with van der Waals surface area (Å²) in [6, 6.07) is 55.7. The van der Waals surface area contributed by atoms with Crippen LogP contribution in [-0.2, 0) is 12.8 Å². The van der Waals surface area contributed by atoms with Crippen molar-refractivity contribution in [1.82, 2.24) is 0 Å². The predicted octanol–water partition coefficient (Wildman–Crippen LogP) is 20.8. The van der Waals surface area contributed by atoms with Crippen molar-refractivity contribution in [2.24, 2.45) is 35.5 Å². The third-order valence-corrected chi connectivity index (χ3v) is 12.8. The Morgan fingerprint density at radius 2 is 0.824 bits per heavy atom. The Morgan fingerprint density at radius 3 is 1.12 bits per heavy atom. The van der Waals surface area contributed by atoms with Gasteiger partial charge in [-0.2, -0.15) is 0 Å². The highest BCUT2D eigenvalue weighted by Crippen LogP contribution is 2.44. The second-order valence-electron chi connectivity index (χ2n) is 21.9. The summed E-state index contributed by atoms with van der Waals surface area (Å²) in [4.78, 5) is 0. The van der Waals surface area contributed by atoms with Crippen molar-refractivity contribution in [1.29, 1.82) is 0 Å². The lowest BCUT2D eigenvalue weighted by atomic mass is 10.0. The Bertz CT molecular complexity index is 2150. The molecular formula is C71H104O3.